The van der Waals surface area contributed by atoms with E-state index >= 15 is 0 Å². The SMILES string of the molecule is CC(C)NC(=O)NCCC(c1ccccc1)C1CC1. The van der Waals surface area contributed by atoms with Crippen LogP contribution in [0, 0.1) is 5.92 Å². The van der Waals surface area contributed by atoms with Crippen LogP contribution >= 0.6 is 0 Å². The molecule has 0 aliphatic heterocycles. The normalized spacial score (nSPS) is 16.2. The van der Waals surface area contributed by atoms with E-state index in [-0.39, 0.29) is 12.1 Å². The summed E-state index contributed by atoms with van der Waals surface area (Å²) in [7, 11) is 0. The molecule has 0 spiro atoms. The van der Waals surface area contributed by atoms with Crippen LogP contribution in [0.15, 0.2) is 30.3 Å². The van der Waals surface area contributed by atoms with Gasteiger partial charge in [0.15, 0.2) is 0 Å². The Labute approximate surface area is 115 Å². The van der Waals surface area contributed by atoms with Crippen molar-refractivity contribution in [2.45, 2.75) is 45.1 Å². The molecule has 1 saturated carbocycles. The van der Waals surface area contributed by atoms with E-state index in [4.69, 9.17) is 0 Å². The lowest BCUT2D eigenvalue weighted by Crippen LogP contribution is -2.40. The van der Waals surface area contributed by atoms with Gasteiger partial charge in [-0.15, -0.1) is 0 Å². The highest BCUT2D eigenvalue weighted by Gasteiger charge is 2.31. The summed E-state index contributed by atoms with van der Waals surface area (Å²) in [6, 6.07) is 10.8. The quantitative estimate of drug-likeness (QED) is 0.809. The van der Waals surface area contributed by atoms with Crippen molar-refractivity contribution < 1.29 is 4.79 Å². The maximum absolute atomic E-state index is 11.5. The first-order chi connectivity index (χ1) is 9.16. The van der Waals surface area contributed by atoms with Crippen LogP contribution in [0.5, 0.6) is 0 Å². The molecular weight excluding hydrogens is 236 g/mol. The minimum absolute atomic E-state index is 0.0578. The van der Waals surface area contributed by atoms with Gasteiger partial charge in [-0.25, -0.2) is 4.79 Å². The second-order valence-corrected chi connectivity index (χ2v) is 5.70. The Morgan fingerprint density at radius 3 is 2.53 bits per heavy atom. The summed E-state index contributed by atoms with van der Waals surface area (Å²) in [6.07, 6.45) is 3.69. The van der Waals surface area contributed by atoms with Crippen molar-refractivity contribution in [2.24, 2.45) is 5.92 Å². The standard InChI is InChI=1S/C16H24N2O/c1-12(2)18-16(19)17-11-10-15(14-8-9-14)13-6-4-3-5-7-13/h3-7,12,14-15H,8-11H2,1-2H3,(H2,17,18,19). The summed E-state index contributed by atoms with van der Waals surface area (Å²) in [5.74, 6) is 1.41. The Bertz CT molecular complexity index is 398. The third-order valence-electron chi connectivity index (χ3n) is 3.58. The van der Waals surface area contributed by atoms with E-state index in [1.165, 1.54) is 18.4 Å². The first-order valence-electron chi connectivity index (χ1n) is 7.26. The zero-order valence-electron chi connectivity index (χ0n) is 11.9. The number of amides is 2. The average Bonchev–Trinajstić information content (AvgIpc) is 3.19. The van der Waals surface area contributed by atoms with Crippen LogP contribution in [0.4, 0.5) is 4.79 Å². The molecule has 2 rings (SSSR count). The molecular formula is C16H24N2O. The van der Waals surface area contributed by atoms with Crippen LogP contribution in [0.2, 0.25) is 0 Å². The van der Waals surface area contributed by atoms with Gasteiger partial charge in [0.25, 0.3) is 0 Å². The molecule has 1 unspecified atom stereocenters. The topological polar surface area (TPSA) is 41.1 Å². The summed E-state index contributed by atoms with van der Waals surface area (Å²) >= 11 is 0. The van der Waals surface area contributed by atoms with Gasteiger partial charge in [0.05, 0.1) is 0 Å². The molecule has 2 N–H and O–H groups in total. The molecule has 1 fully saturated rings. The molecule has 1 atom stereocenters. The van der Waals surface area contributed by atoms with E-state index in [0.717, 1.165) is 18.9 Å². The first kappa shape index (κ1) is 13.9. The Morgan fingerprint density at radius 2 is 1.95 bits per heavy atom. The summed E-state index contributed by atoms with van der Waals surface area (Å²) in [4.78, 5) is 11.5. The average molecular weight is 260 g/mol. The molecule has 0 radical (unpaired) electrons. The Kier molecular flexibility index (Phi) is 4.83. The van der Waals surface area contributed by atoms with Gasteiger partial charge >= 0.3 is 6.03 Å². The fraction of sp³-hybridized carbons (Fsp3) is 0.562. The fourth-order valence-corrected chi connectivity index (χ4v) is 2.53. The van der Waals surface area contributed by atoms with Crippen molar-refractivity contribution in [1.29, 1.82) is 0 Å². The number of hydrogen-bond acceptors (Lipinski definition) is 1. The Hall–Kier alpha value is -1.51. The molecule has 104 valence electrons. The van der Waals surface area contributed by atoms with Crippen molar-refractivity contribution >= 4 is 6.03 Å². The maximum Gasteiger partial charge on any atom is 0.314 e. The Balaban J connectivity index is 1.80. The van der Waals surface area contributed by atoms with Crippen LogP contribution in [0.25, 0.3) is 0 Å². The van der Waals surface area contributed by atoms with E-state index in [1.807, 2.05) is 13.8 Å². The van der Waals surface area contributed by atoms with Gasteiger partial charge in [0, 0.05) is 12.6 Å². The van der Waals surface area contributed by atoms with Gasteiger partial charge in [-0.05, 0) is 50.5 Å². The monoisotopic (exact) mass is 260 g/mol. The fourth-order valence-electron chi connectivity index (χ4n) is 2.53. The van der Waals surface area contributed by atoms with Crippen LogP contribution in [0.1, 0.15) is 44.6 Å². The lowest BCUT2D eigenvalue weighted by molar-refractivity contribution is 0.238. The second-order valence-electron chi connectivity index (χ2n) is 5.70. The van der Waals surface area contributed by atoms with Gasteiger partial charge in [-0.3, -0.25) is 0 Å². The van der Waals surface area contributed by atoms with Crippen LogP contribution in [0.3, 0.4) is 0 Å². The molecule has 0 heterocycles. The molecule has 1 aromatic carbocycles. The molecule has 0 saturated heterocycles. The zero-order chi connectivity index (χ0) is 13.7. The van der Waals surface area contributed by atoms with Crippen molar-refractivity contribution in [2.75, 3.05) is 6.54 Å². The molecule has 0 aromatic heterocycles. The van der Waals surface area contributed by atoms with E-state index in [2.05, 4.69) is 41.0 Å². The number of urea groups is 1. The minimum atomic E-state index is -0.0578. The summed E-state index contributed by atoms with van der Waals surface area (Å²) in [5, 5.41) is 5.80. The van der Waals surface area contributed by atoms with Crippen LogP contribution in [-0.4, -0.2) is 18.6 Å². The third kappa shape index (κ3) is 4.58. The first-order valence-corrected chi connectivity index (χ1v) is 7.26. The van der Waals surface area contributed by atoms with E-state index in [0.29, 0.717) is 5.92 Å². The van der Waals surface area contributed by atoms with Gasteiger partial charge < -0.3 is 10.6 Å². The summed E-state index contributed by atoms with van der Waals surface area (Å²) < 4.78 is 0. The lowest BCUT2D eigenvalue weighted by atomic mass is 9.91. The Morgan fingerprint density at radius 1 is 1.26 bits per heavy atom. The maximum atomic E-state index is 11.5. The van der Waals surface area contributed by atoms with Crippen molar-refractivity contribution in [3.8, 4) is 0 Å². The van der Waals surface area contributed by atoms with Crippen molar-refractivity contribution in [3.05, 3.63) is 35.9 Å². The summed E-state index contributed by atoms with van der Waals surface area (Å²) in [5.41, 5.74) is 1.41. The van der Waals surface area contributed by atoms with Gasteiger partial charge in [0.1, 0.15) is 0 Å². The number of rotatable bonds is 6. The summed E-state index contributed by atoms with van der Waals surface area (Å²) in [6.45, 7) is 4.68. The van der Waals surface area contributed by atoms with Crippen LogP contribution in [-0.2, 0) is 0 Å². The zero-order valence-corrected chi connectivity index (χ0v) is 11.9. The minimum Gasteiger partial charge on any atom is -0.338 e. The van der Waals surface area contributed by atoms with Crippen molar-refractivity contribution in [1.82, 2.24) is 10.6 Å². The largest absolute Gasteiger partial charge is 0.338 e. The predicted molar refractivity (Wildman–Crippen MR) is 78.2 cm³/mol. The van der Waals surface area contributed by atoms with E-state index in [1.54, 1.807) is 0 Å². The second kappa shape index (κ2) is 6.60. The lowest BCUT2D eigenvalue weighted by Gasteiger charge is -2.17. The predicted octanol–water partition coefficient (Wildman–Crippen LogP) is 3.28. The molecule has 19 heavy (non-hydrogen) atoms. The molecule has 0 bridgehead atoms. The molecule has 1 aliphatic rings. The van der Waals surface area contributed by atoms with Crippen LogP contribution < -0.4 is 10.6 Å². The van der Waals surface area contributed by atoms with E-state index < -0.39 is 0 Å². The van der Waals surface area contributed by atoms with Crippen molar-refractivity contribution in [3.63, 3.8) is 0 Å². The smallest absolute Gasteiger partial charge is 0.314 e. The van der Waals surface area contributed by atoms with Gasteiger partial charge in [-0.2, -0.15) is 0 Å². The number of benzene rings is 1. The highest BCUT2D eigenvalue weighted by Crippen LogP contribution is 2.44. The highest BCUT2D eigenvalue weighted by molar-refractivity contribution is 5.74. The molecule has 3 heteroatoms. The third-order valence-corrected chi connectivity index (χ3v) is 3.58. The number of nitrogens with one attached hydrogen (secondary N) is 2. The van der Waals surface area contributed by atoms with Gasteiger partial charge in [0.2, 0.25) is 0 Å². The number of hydrogen-bond donors (Lipinski definition) is 2. The number of carbonyl (C=O) groups excluding carboxylic acids is 1. The highest BCUT2D eigenvalue weighted by atomic mass is 16.2. The van der Waals surface area contributed by atoms with Gasteiger partial charge in [-0.1, -0.05) is 30.3 Å². The number of carbonyl (C=O) groups is 1. The molecule has 1 aromatic rings. The molecule has 2 amide bonds. The molecule has 3 nitrogen and oxygen atoms in total. The molecule has 1 aliphatic carbocycles. The van der Waals surface area contributed by atoms with E-state index in [9.17, 15) is 4.79 Å².